The molecule has 0 bridgehead atoms. The Morgan fingerprint density at radius 1 is 1.09 bits per heavy atom. The van der Waals surface area contributed by atoms with Crippen LogP contribution >= 0.6 is 0 Å². The van der Waals surface area contributed by atoms with E-state index in [0.717, 1.165) is 17.4 Å². The molecule has 6 heteroatoms. The molecule has 0 amide bonds. The van der Waals surface area contributed by atoms with E-state index in [1.165, 1.54) is 7.11 Å². The van der Waals surface area contributed by atoms with Gasteiger partial charge in [-0.05, 0) is 55.1 Å². The number of Topliss-reactive ketones (excluding diaryl/α,β-unsaturated/α-hetero) is 1. The van der Waals surface area contributed by atoms with Crippen LogP contribution in [0.3, 0.4) is 0 Å². The summed E-state index contributed by atoms with van der Waals surface area (Å²) in [6, 6.07) is 11.7. The summed E-state index contributed by atoms with van der Waals surface area (Å²) in [4.78, 5) is 25.7. The maximum atomic E-state index is 13.6. The van der Waals surface area contributed by atoms with Gasteiger partial charge in [0.15, 0.2) is 14.6 Å². The minimum Gasteiger partial charge on any atom is -0.496 e. The lowest BCUT2D eigenvalue weighted by atomic mass is 9.83. The zero-order chi connectivity index (χ0) is 25.5. The fourth-order valence-electron chi connectivity index (χ4n) is 3.87. The molecule has 0 radical (unpaired) electrons. The topological polar surface area (TPSA) is 61.8 Å². The van der Waals surface area contributed by atoms with E-state index in [-0.39, 0.29) is 10.8 Å². The molecule has 0 spiro atoms. The molecule has 1 atom stereocenters. The molecular formula is C28H40O5Si. The Morgan fingerprint density at radius 2 is 1.74 bits per heavy atom. The van der Waals surface area contributed by atoms with Gasteiger partial charge < -0.3 is 13.9 Å². The summed E-state index contributed by atoms with van der Waals surface area (Å²) < 4.78 is 17.4. The van der Waals surface area contributed by atoms with E-state index in [1.807, 2.05) is 43.3 Å². The molecule has 0 aliphatic heterocycles. The van der Waals surface area contributed by atoms with Crippen molar-refractivity contribution in [1.29, 1.82) is 0 Å². The van der Waals surface area contributed by atoms with Crippen LogP contribution in [0.5, 0.6) is 11.5 Å². The smallest absolute Gasteiger partial charge is 0.191 e. The molecule has 0 saturated carbocycles. The maximum Gasteiger partial charge on any atom is 0.191 e. The average molecular weight is 485 g/mol. The molecule has 1 unspecified atom stereocenters. The largest absolute Gasteiger partial charge is 0.496 e. The first kappa shape index (κ1) is 27.8. The Kier molecular flexibility index (Phi) is 9.65. The quantitative estimate of drug-likeness (QED) is 0.195. The molecule has 0 heterocycles. The third-order valence-corrected chi connectivity index (χ3v) is 11.5. The van der Waals surface area contributed by atoms with Crippen molar-refractivity contribution in [3.05, 3.63) is 58.7 Å². The number of methoxy groups -OCH3 is 2. The molecule has 34 heavy (non-hydrogen) atoms. The Morgan fingerprint density at radius 3 is 2.26 bits per heavy atom. The fraction of sp³-hybridized carbons (Fsp3) is 0.500. The fourth-order valence-corrected chi connectivity index (χ4v) is 4.96. The molecule has 2 rings (SSSR count). The van der Waals surface area contributed by atoms with E-state index in [9.17, 15) is 9.59 Å². The summed E-state index contributed by atoms with van der Waals surface area (Å²) >= 11 is 0. The molecule has 0 aliphatic rings. The summed E-state index contributed by atoms with van der Waals surface area (Å²) in [5.41, 5.74) is 2.83. The Hall–Kier alpha value is -2.44. The highest BCUT2D eigenvalue weighted by Gasteiger charge is 2.37. The number of rotatable bonds is 12. The van der Waals surface area contributed by atoms with Gasteiger partial charge in [0.1, 0.15) is 17.3 Å². The van der Waals surface area contributed by atoms with E-state index < -0.39 is 14.2 Å². The van der Waals surface area contributed by atoms with Crippen molar-refractivity contribution >= 4 is 20.4 Å². The second-order valence-electron chi connectivity index (χ2n) is 10.3. The average Bonchev–Trinajstić information content (AvgIpc) is 2.79. The number of aldehydes is 1. The highest BCUT2D eigenvalue weighted by atomic mass is 28.4. The second kappa shape index (κ2) is 11.8. The lowest BCUT2D eigenvalue weighted by Gasteiger charge is -2.36. The lowest BCUT2D eigenvalue weighted by molar-refractivity contribution is -0.120. The van der Waals surface area contributed by atoms with Crippen LogP contribution in [0.15, 0.2) is 36.4 Å². The van der Waals surface area contributed by atoms with E-state index in [4.69, 9.17) is 13.9 Å². The molecule has 2 aromatic carbocycles. The monoisotopic (exact) mass is 484 g/mol. The molecule has 0 N–H and O–H groups in total. The standard InChI is InChI=1S/C28H40O5Si/c1-20-26(31-5)18-22(24(19-29)27(20)32-6)23(17-21-13-10-9-11-14-21)25(30)15-12-16-33-34(7,8)28(2,3)4/h9-11,13-14,18-19,23H,12,15-17H2,1-8H3. The molecule has 5 nitrogen and oxygen atoms in total. The van der Waals surface area contributed by atoms with E-state index in [2.05, 4.69) is 33.9 Å². The predicted molar refractivity (Wildman–Crippen MR) is 140 cm³/mol. The first-order valence-corrected chi connectivity index (χ1v) is 14.8. The Balaban J connectivity index is 2.36. The van der Waals surface area contributed by atoms with Gasteiger partial charge in [-0.1, -0.05) is 51.1 Å². The van der Waals surface area contributed by atoms with Crippen LogP contribution in [-0.4, -0.2) is 41.2 Å². The highest BCUT2D eigenvalue weighted by Crippen LogP contribution is 2.39. The van der Waals surface area contributed by atoms with Crippen molar-refractivity contribution in [3.63, 3.8) is 0 Å². The number of hydrogen-bond donors (Lipinski definition) is 0. The predicted octanol–water partition coefficient (Wildman–Crippen LogP) is 6.52. The SMILES string of the molecule is COc1cc(C(Cc2ccccc2)C(=O)CCCO[Si](C)(C)C(C)(C)C)c(C=O)c(OC)c1C. The number of carbonyl (C=O) groups excluding carboxylic acids is 2. The minimum absolute atomic E-state index is 0.0822. The molecule has 2 aromatic rings. The molecule has 0 aromatic heterocycles. The van der Waals surface area contributed by atoms with Crippen molar-refractivity contribution in [2.24, 2.45) is 0 Å². The van der Waals surface area contributed by atoms with Crippen molar-refractivity contribution in [2.45, 2.75) is 71.0 Å². The van der Waals surface area contributed by atoms with Crippen molar-refractivity contribution < 1.29 is 23.5 Å². The first-order chi connectivity index (χ1) is 16.0. The lowest BCUT2D eigenvalue weighted by Crippen LogP contribution is -2.41. The summed E-state index contributed by atoms with van der Waals surface area (Å²) in [6.45, 7) is 13.5. The van der Waals surface area contributed by atoms with E-state index in [0.29, 0.717) is 48.5 Å². The van der Waals surface area contributed by atoms with Gasteiger partial charge in [-0.2, -0.15) is 0 Å². The van der Waals surface area contributed by atoms with Gasteiger partial charge in [0.2, 0.25) is 0 Å². The molecule has 0 aliphatic carbocycles. The van der Waals surface area contributed by atoms with Crippen molar-refractivity contribution in [2.75, 3.05) is 20.8 Å². The van der Waals surface area contributed by atoms with Crippen LogP contribution < -0.4 is 9.47 Å². The van der Waals surface area contributed by atoms with E-state index >= 15 is 0 Å². The molecule has 0 fully saturated rings. The van der Waals surface area contributed by atoms with Gasteiger partial charge in [-0.25, -0.2) is 0 Å². The van der Waals surface area contributed by atoms with Gasteiger partial charge in [-0.3, -0.25) is 9.59 Å². The minimum atomic E-state index is -1.87. The van der Waals surface area contributed by atoms with Crippen LogP contribution in [-0.2, 0) is 15.6 Å². The highest BCUT2D eigenvalue weighted by molar-refractivity contribution is 6.74. The third-order valence-electron chi connectivity index (χ3n) is 6.98. The van der Waals surface area contributed by atoms with Crippen LogP contribution in [0, 0.1) is 6.92 Å². The number of carbonyl (C=O) groups is 2. The molecule has 186 valence electrons. The zero-order valence-electron chi connectivity index (χ0n) is 22.0. The number of hydrogen-bond acceptors (Lipinski definition) is 5. The Bertz CT molecular complexity index is 977. The maximum absolute atomic E-state index is 13.6. The number of benzene rings is 2. The molecule has 0 saturated heterocycles. The summed E-state index contributed by atoms with van der Waals surface area (Å²) in [6.07, 6.45) is 2.31. The van der Waals surface area contributed by atoms with Crippen LogP contribution in [0.25, 0.3) is 0 Å². The van der Waals surface area contributed by atoms with Gasteiger partial charge in [0.05, 0.1) is 19.8 Å². The van der Waals surface area contributed by atoms with Crippen LogP contribution in [0.2, 0.25) is 18.1 Å². The number of ketones is 1. The summed E-state index contributed by atoms with van der Waals surface area (Å²) in [7, 11) is 1.25. The Labute approximate surface area is 205 Å². The van der Waals surface area contributed by atoms with Gasteiger partial charge in [0, 0.05) is 24.5 Å². The first-order valence-electron chi connectivity index (χ1n) is 11.9. The van der Waals surface area contributed by atoms with Gasteiger partial charge in [-0.15, -0.1) is 0 Å². The van der Waals surface area contributed by atoms with Crippen molar-refractivity contribution in [3.8, 4) is 11.5 Å². The normalized spacial score (nSPS) is 12.8. The zero-order valence-corrected chi connectivity index (χ0v) is 23.0. The second-order valence-corrected chi connectivity index (χ2v) is 15.1. The van der Waals surface area contributed by atoms with Gasteiger partial charge in [0.25, 0.3) is 0 Å². The van der Waals surface area contributed by atoms with Gasteiger partial charge >= 0.3 is 0 Å². The van der Waals surface area contributed by atoms with E-state index in [1.54, 1.807) is 7.11 Å². The summed E-state index contributed by atoms with van der Waals surface area (Å²) in [5, 5.41) is 0.126. The third kappa shape index (κ3) is 6.57. The van der Waals surface area contributed by atoms with Crippen molar-refractivity contribution in [1.82, 2.24) is 0 Å². The van der Waals surface area contributed by atoms with Crippen LogP contribution in [0.4, 0.5) is 0 Å². The molecular weight excluding hydrogens is 444 g/mol. The number of ether oxygens (including phenoxy) is 2. The summed E-state index contributed by atoms with van der Waals surface area (Å²) in [5.74, 6) is 0.652. The van der Waals surface area contributed by atoms with Crippen LogP contribution in [0.1, 0.15) is 66.6 Å².